The summed E-state index contributed by atoms with van der Waals surface area (Å²) in [6.07, 6.45) is 0. The number of nitrogens with zero attached hydrogens (tertiary/aromatic N) is 1. The Morgan fingerprint density at radius 1 is 0.895 bits per heavy atom. The summed E-state index contributed by atoms with van der Waals surface area (Å²) in [5.41, 5.74) is 2.52. The molecule has 0 saturated carbocycles. The zero-order valence-corrected chi connectivity index (χ0v) is 20.8. The van der Waals surface area contributed by atoms with E-state index in [0.717, 1.165) is 5.56 Å². The summed E-state index contributed by atoms with van der Waals surface area (Å²) < 4.78 is 37.8. The van der Waals surface area contributed by atoms with E-state index in [1.165, 1.54) is 17.0 Å². The van der Waals surface area contributed by atoms with Gasteiger partial charge in [0.1, 0.15) is 5.82 Å². The van der Waals surface area contributed by atoms with Crippen LogP contribution in [0.1, 0.15) is 31.8 Å². The van der Waals surface area contributed by atoms with Crippen molar-refractivity contribution in [3.05, 3.63) is 113 Å². The SMILES string of the molecule is O=C(NCc1ccc2c(c1)OCO2)c1ccc2c(c1)N(Cc1ccc(F)cc1)C(=O)c1ccccc1S2=O. The van der Waals surface area contributed by atoms with Gasteiger partial charge < -0.3 is 19.7 Å². The van der Waals surface area contributed by atoms with E-state index in [4.69, 9.17) is 9.47 Å². The third-order valence-electron chi connectivity index (χ3n) is 6.42. The Balaban J connectivity index is 1.33. The van der Waals surface area contributed by atoms with Crippen LogP contribution in [0.2, 0.25) is 0 Å². The standard InChI is InChI=1S/C29H21FN2O5S/c30-21-9-5-18(6-10-21)16-32-23-14-20(28(33)31-15-19-7-11-24-25(13-19)37-17-36-24)8-12-27(23)38(35)26-4-2-1-3-22(26)29(32)34/h1-14H,15-17H2,(H,31,33). The highest BCUT2D eigenvalue weighted by atomic mass is 32.2. The topological polar surface area (TPSA) is 84.9 Å². The zero-order chi connectivity index (χ0) is 26.2. The van der Waals surface area contributed by atoms with Crippen molar-refractivity contribution in [1.82, 2.24) is 5.32 Å². The minimum Gasteiger partial charge on any atom is -0.454 e. The van der Waals surface area contributed by atoms with Crippen LogP contribution in [0.15, 0.2) is 94.7 Å². The minimum atomic E-state index is -1.65. The molecule has 2 aliphatic heterocycles. The number of anilines is 1. The van der Waals surface area contributed by atoms with Crippen molar-refractivity contribution in [1.29, 1.82) is 0 Å². The number of carbonyl (C=O) groups excluding carboxylic acids is 2. The van der Waals surface area contributed by atoms with E-state index in [9.17, 15) is 18.2 Å². The summed E-state index contributed by atoms with van der Waals surface area (Å²) in [5.74, 6) is 0.191. The molecule has 2 aliphatic rings. The maximum Gasteiger partial charge on any atom is 0.259 e. The van der Waals surface area contributed by atoms with Gasteiger partial charge in [0, 0.05) is 12.1 Å². The molecule has 0 radical (unpaired) electrons. The molecule has 1 N–H and O–H groups in total. The molecular weight excluding hydrogens is 507 g/mol. The number of nitrogens with one attached hydrogen (secondary N) is 1. The van der Waals surface area contributed by atoms with Crippen molar-refractivity contribution < 1.29 is 27.7 Å². The molecule has 0 aliphatic carbocycles. The van der Waals surface area contributed by atoms with Gasteiger partial charge in [0.15, 0.2) is 11.5 Å². The molecule has 2 amide bonds. The van der Waals surface area contributed by atoms with Gasteiger partial charge in [0.05, 0.1) is 38.4 Å². The van der Waals surface area contributed by atoms with Crippen molar-refractivity contribution >= 4 is 28.3 Å². The minimum absolute atomic E-state index is 0.111. The molecule has 2 heterocycles. The first kappa shape index (κ1) is 23.9. The fourth-order valence-corrected chi connectivity index (χ4v) is 5.81. The first-order valence-corrected chi connectivity index (χ1v) is 13.0. The summed E-state index contributed by atoms with van der Waals surface area (Å²) in [7, 11) is -1.65. The number of rotatable bonds is 5. The van der Waals surface area contributed by atoms with E-state index < -0.39 is 10.8 Å². The van der Waals surface area contributed by atoms with Gasteiger partial charge >= 0.3 is 0 Å². The van der Waals surface area contributed by atoms with Crippen LogP contribution < -0.4 is 19.7 Å². The molecule has 190 valence electrons. The van der Waals surface area contributed by atoms with Gasteiger partial charge in [-0.25, -0.2) is 8.60 Å². The largest absolute Gasteiger partial charge is 0.454 e. The molecule has 0 fully saturated rings. The van der Waals surface area contributed by atoms with Crippen molar-refractivity contribution in [3.63, 3.8) is 0 Å². The van der Waals surface area contributed by atoms with Gasteiger partial charge in [-0.15, -0.1) is 0 Å². The second-order valence-electron chi connectivity index (χ2n) is 8.84. The maximum absolute atomic E-state index is 13.7. The fraction of sp³-hybridized carbons (Fsp3) is 0.103. The van der Waals surface area contributed by atoms with Gasteiger partial charge in [0.2, 0.25) is 6.79 Å². The number of hydrogen-bond acceptors (Lipinski definition) is 5. The number of halogens is 1. The van der Waals surface area contributed by atoms with Crippen LogP contribution in [0, 0.1) is 5.82 Å². The normalized spacial score (nSPS) is 15.4. The van der Waals surface area contributed by atoms with Crippen molar-refractivity contribution in [2.45, 2.75) is 22.9 Å². The van der Waals surface area contributed by atoms with E-state index in [2.05, 4.69) is 5.32 Å². The smallest absolute Gasteiger partial charge is 0.259 e. The zero-order valence-electron chi connectivity index (χ0n) is 20.0. The second kappa shape index (κ2) is 9.75. The van der Waals surface area contributed by atoms with Crippen LogP contribution in [0.3, 0.4) is 0 Å². The van der Waals surface area contributed by atoms with Crippen molar-refractivity contribution in [2.75, 3.05) is 11.7 Å². The van der Waals surface area contributed by atoms with E-state index in [-0.39, 0.29) is 37.5 Å². The first-order chi connectivity index (χ1) is 18.5. The Bertz CT molecular complexity index is 1610. The molecule has 0 aromatic heterocycles. The Morgan fingerprint density at radius 3 is 2.50 bits per heavy atom. The highest BCUT2D eigenvalue weighted by molar-refractivity contribution is 7.85. The molecule has 1 unspecified atom stereocenters. The lowest BCUT2D eigenvalue weighted by Crippen LogP contribution is -2.31. The molecule has 9 heteroatoms. The van der Waals surface area contributed by atoms with E-state index in [1.807, 2.05) is 12.1 Å². The summed E-state index contributed by atoms with van der Waals surface area (Å²) in [6, 6.07) is 22.8. The van der Waals surface area contributed by atoms with Crippen molar-refractivity contribution in [3.8, 4) is 11.5 Å². The number of ether oxygens (including phenoxy) is 2. The number of hydrogen-bond donors (Lipinski definition) is 1. The molecule has 4 aromatic carbocycles. The van der Waals surface area contributed by atoms with Crippen LogP contribution >= 0.6 is 0 Å². The Labute approximate surface area is 220 Å². The molecule has 7 nitrogen and oxygen atoms in total. The monoisotopic (exact) mass is 528 g/mol. The van der Waals surface area contributed by atoms with Crippen LogP contribution in [0.4, 0.5) is 10.1 Å². The molecule has 0 saturated heterocycles. The lowest BCUT2D eigenvalue weighted by molar-refractivity contribution is 0.0947. The quantitative estimate of drug-likeness (QED) is 0.402. The first-order valence-electron chi connectivity index (χ1n) is 11.9. The highest BCUT2D eigenvalue weighted by Gasteiger charge is 2.31. The Morgan fingerprint density at radius 2 is 1.66 bits per heavy atom. The van der Waals surface area contributed by atoms with Crippen LogP contribution in [0.5, 0.6) is 11.5 Å². The van der Waals surface area contributed by atoms with Gasteiger partial charge in [-0.05, 0) is 65.7 Å². The number of fused-ring (bicyclic) bond motifs is 3. The van der Waals surface area contributed by atoms with Crippen LogP contribution in [-0.4, -0.2) is 22.8 Å². The van der Waals surface area contributed by atoms with Crippen LogP contribution in [-0.2, 0) is 23.9 Å². The highest BCUT2D eigenvalue weighted by Crippen LogP contribution is 2.36. The third kappa shape index (κ3) is 4.41. The molecular formula is C29H21FN2O5S. The summed E-state index contributed by atoms with van der Waals surface area (Å²) >= 11 is 0. The number of carbonyl (C=O) groups is 2. The summed E-state index contributed by atoms with van der Waals surface area (Å²) in [6.45, 7) is 0.528. The lowest BCUT2D eigenvalue weighted by atomic mass is 10.1. The Kier molecular flexibility index (Phi) is 6.13. The molecule has 38 heavy (non-hydrogen) atoms. The van der Waals surface area contributed by atoms with Gasteiger partial charge in [-0.2, -0.15) is 0 Å². The van der Waals surface area contributed by atoms with E-state index in [0.29, 0.717) is 43.7 Å². The van der Waals surface area contributed by atoms with E-state index in [1.54, 1.807) is 60.7 Å². The van der Waals surface area contributed by atoms with Crippen LogP contribution in [0.25, 0.3) is 0 Å². The average Bonchev–Trinajstić information content (AvgIpc) is 3.40. The molecule has 0 spiro atoms. The second-order valence-corrected chi connectivity index (χ2v) is 10.3. The molecule has 1 atom stereocenters. The van der Waals surface area contributed by atoms with E-state index >= 15 is 0 Å². The average molecular weight is 529 g/mol. The predicted octanol–water partition coefficient (Wildman–Crippen LogP) is 4.81. The molecule has 6 rings (SSSR count). The van der Waals surface area contributed by atoms with Gasteiger partial charge in [-0.1, -0.05) is 30.3 Å². The predicted molar refractivity (Wildman–Crippen MR) is 138 cm³/mol. The summed E-state index contributed by atoms with van der Waals surface area (Å²) in [5, 5.41) is 2.88. The molecule has 4 aromatic rings. The third-order valence-corrected chi connectivity index (χ3v) is 7.92. The van der Waals surface area contributed by atoms with Crippen molar-refractivity contribution in [2.24, 2.45) is 0 Å². The van der Waals surface area contributed by atoms with Gasteiger partial charge in [0.25, 0.3) is 11.8 Å². The maximum atomic E-state index is 13.7. The fourth-order valence-electron chi connectivity index (χ4n) is 4.47. The number of benzene rings is 4. The van der Waals surface area contributed by atoms with Gasteiger partial charge in [-0.3, -0.25) is 9.59 Å². The molecule has 0 bridgehead atoms. The summed E-state index contributed by atoms with van der Waals surface area (Å²) in [4.78, 5) is 29.1. The lowest BCUT2D eigenvalue weighted by Gasteiger charge is -2.23. The Hall–Kier alpha value is -4.50. The number of amides is 2.